The van der Waals surface area contributed by atoms with E-state index in [9.17, 15) is 9.90 Å². The highest BCUT2D eigenvalue weighted by atomic mass is 16.4. The molecular formula is C11H14N2O2. The summed E-state index contributed by atoms with van der Waals surface area (Å²) >= 11 is 0. The second kappa shape index (κ2) is 2.62. The van der Waals surface area contributed by atoms with Gasteiger partial charge in [-0.25, -0.2) is 0 Å². The molecule has 0 saturated heterocycles. The number of aryl methyl sites for hydroxylation is 2. The van der Waals surface area contributed by atoms with E-state index in [-0.39, 0.29) is 11.3 Å². The molecule has 0 aromatic carbocycles. The fourth-order valence-electron chi connectivity index (χ4n) is 2.95. The molecule has 2 aliphatic rings. The SMILES string of the molecule is Cn1ncc2c1C(C(=O)O)C1(CC2)CC1. The molecule has 1 saturated carbocycles. The van der Waals surface area contributed by atoms with E-state index in [2.05, 4.69) is 5.10 Å². The van der Waals surface area contributed by atoms with Crippen molar-refractivity contribution in [2.24, 2.45) is 12.5 Å². The van der Waals surface area contributed by atoms with Crippen LogP contribution in [-0.4, -0.2) is 20.9 Å². The summed E-state index contributed by atoms with van der Waals surface area (Å²) in [5.74, 6) is -1.01. The van der Waals surface area contributed by atoms with Crippen molar-refractivity contribution < 1.29 is 9.90 Å². The van der Waals surface area contributed by atoms with E-state index in [0.717, 1.165) is 36.9 Å². The Hall–Kier alpha value is -1.32. The zero-order chi connectivity index (χ0) is 10.6. The molecule has 1 fully saturated rings. The van der Waals surface area contributed by atoms with Crippen LogP contribution in [0.4, 0.5) is 0 Å². The van der Waals surface area contributed by atoms with E-state index >= 15 is 0 Å². The summed E-state index contributed by atoms with van der Waals surface area (Å²) in [6.45, 7) is 0. The van der Waals surface area contributed by atoms with Gasteiger partial charge >= 0.3 is 5.97 Å². The van der Waals surface area contributed by atoms with Crippen molar-refractivity contribution in [2.75, 3.05) is 0 Å². The summed E-state index contributed by atoms with van der Waals surface area (Å²) in [5.41, 5.74) is 2.13. The van der Waals surface area contributed by atoms with E-state index in [0.29, 0.717) is 0 Å². The number of carboxylic acids is 1. The van der Waals surface area contributed by atoms with E-state index in [1.54, 1.807) is 4.68 Å². The normalized spacial score (nSPS) is 26.3. The second-order valence-corrected chi connectivity index (χ2v) is 4.81. The van der Waals surface area contributed by atoms with E-state index in [1.807, 2.05) is 13.2 Å². The maximum absolute atomic E-state index is 11.4. The molecule has 1 N–H and O–H groups in total. The van der Waals surface area contributed by atoms with Crippen LogP contribution in [0.15, 0.2) is 6.20 Å². The van der Waals surface area contributed by atoms with Gasteiger partial charge in [0.05, 0.1) is 11.9 Å². The fraction of sp³-hybridized carbons (Fsp3) is 0.636. The largest absolute Gasteiger partial charge is 0.481 e. The molecular weight excluding hydrogens is 192 g/mol. The fourth-order valence-corrected chi connectivity index (χ4v) is 2.95. The molecule has 15 heavy (non-hydrogen) atoms. The quantitative estimate of drug-likeness (QED) is 0.753. The third kappa shape index (κ3) is 1.07. The third-order valence-corrected chi connectivity index (χ3v) is 3.98. The molecule has 0 bridgehead atoms. The Morgan fingerprint density at radius 3 is 2.93 bits per heavy atom. The van der Waals surface area contributed by atoms with Gasteiger partial charge in [0.2, 0.25) is 0 Å². The van der Waals surface area contributed by atoms with Gasteiger partial charge in [-0.3, -0.25) is 9.48 Å². The third-order valence-electron chi connectivity index (χ3n) is 3.98. The van der Waals surface area contributed by atoms with Crippen molar-refractivity contribution in [3.63, 3.8) is 0 Å². The minimum atomic E-state index is -0.683. The van der Waals surface area contributed by atoms with Gasteiger partial charge in [0, 0.05) is 7.05 Å². The molecule has 2 aliphatic carbocycles. The van der Waals surface area contributed by atoms with E-state index in [4.69, 9.17) is 0 Å². The van der Waals surface area contributed by atoms with Crippen LogP contribution >= 0.6 is 0 Å². The van der Waals surface area contributed by atoms with Gasteiger partial charge in [-0.1, -0.05) is 0 Å². The first kappa shape index (κ1) is 8.95. The predicted molar refractivity (Wildman–Crippen MR) is 53.6 cm³/mol. The number of carbonyl (C=O) groups is 1. The van der Waals surface area contributed by atoms with Crippen LogP contribution < -0.4 is 0 Å². The summed E-state index contributed by atoms with van der Waals surface area (Å²) in [6, 6.07) is 0. The van der Waals surface area contributed by atoms with Crippen LogP contribution in [-0.2, 0) is 18.3 Å². The molecule has 80 valence electrons. The van der Waals surface area contributed by atoms with Crippen LogP contribution in [0.3, 0.4) is 0 Å². The molecule has 0 aliphatic heterocycles. The summed E-state index contributed by atoms with van der Waals surface area (Å²) in [7, 11) is 1.84. The molecule has 0 radical (unpaired) electrons. The lowest BCUT2D eigenvalue weighted by Crippen LogP contribution is -2.30. The summed E-state index contributed by atoms with van der Waals surface area (Å²) in [4.78, 5) is 11.4. The summed E-state index contributed by atoms with van der Waals surface area (Å²) in [5, 5.41) is 13.5. The Labute approximate surface area is 87.9 Å². The number of aromatic nitrogens is 2. The Kier molecular flexibility index (Phi) is 1.56. The van der Waals surface area contributed by atoms with Gasteiger partial charge in [0.25, 0.3) is 0 Å². The Bertz CT molecular complexity index is 432. The minimum absolute atomic E-state index is 0.0621. The molecule has 0 amide bonds. The lowest BCUT2D eigenvalue weighted by molar-refractivity contribution is -0.141. The van der Waals surface area contributed by atoms with Gasteiger partial charge in [-0.05, 0) is 36.7 Å². The molecule has 4 nitrogen and oxygen atoms in total. The van der Waals surface area contributed by atoms with Crippen LogP contribution in [0.1, 0.15) is 36.4 Å². The van der Waals surface area contributed by atoms with Gasteiger partial charge in [0.15, 0.2) is 0 Å². The molecule has 1 spiro atoms. The number of hydrogen-bond donors (Lipinski definition) is 1. The standard InChI is InChI=1S/C11H14N2O2/c1-13-9-7(6-12-13)2-3-11(4-5-11)8(9)10(14)15/h6,8H,2-5H2,1H3,(H,14,15). The molecule has 1 aromatic rings. The molecule has 3 rings (SSSR count). The summed E-state index contributed by atoms with van der Waals surface area (Å²) in [6.07, 6.45) is 5.96. The Morgan fingerprint density at radius 2 is 2.33 bits per heavy atom. The number of aliphatic carboxylic acids is 1. The van der Waals surface area contributed by atoms with Gasteiger partial charge in [-0.15, -0.1) is 0 Å². The number of rotatable bonds is 1. The second-order valence-electron chi connectivity index (χ2n) is 4.81. The lowest BCUT2D eigenvalue weighted by Gasteiger charge is -2.29. The highest BCUT2D eigenvalue weighted by molar-refractivity contribution is 5.78. The number of fused-ring (bicyclic) bond motifs is 1. The maximum atomic E-state index is 11.4. The van der Waals surface area contributed by atoms with Gasteiger partial charge in [0.1, 0.15) is 5.92 Å². The number of nitrogens with zero attached hydrogens (tertiary/aromatic N) is 2. The van der Waals surface area contributed by atoms with Crippen molar-refractivity contribution in [3.8, 4) is 0 Å². The summed E-state index contributed by atoms with van der Waals surface area (Å²) < 4.78 is 1.74. The van der Waals surface area contributed by atoms with Crippen LogP contribution in [0.2, 0.25) is 0 Å². The average molecular weight is 206 g/mol. The van der Waals surface area contributed by atoms with Crippen molar-refractivity contribution >= 4 is 5.97 Å². The zero-order valence-corrected chi connectivity index (χ0v) is 8.73. The first-order valence-electron chi connectivity index (χ1n) is 5.38. The van der Waals surface area contributed by atoms with Crippen molar-refractivity contribution in [2.45, 2.75) is 31.6 Å². The molecule has 4 heteroatoms. The molecule has 1 aromatic heterocycles. The average Bonchev–Trinajstić information content (AvgIpc) is 2.85. The highest BCUT2D eigenvalue weighted by Crippen LogP contribution is 2.61. The van der Waals surface area contributed by atoms with Crippen LogP contribution in [0, 0.1) is 5.41 Å². The van der Waals surface area contributed by atoms with Crippen LogP contribution in [0.5, 0.6) is 0 Å². The Balaban J connectivity index is 2.14. The van der Waals surface area contributed by atoms with Crippen molar-refractivity contribution in [3.05, 3.63) is 17.5 Å². The smallest absolute Gasteiger partial charge is 0.313 e. The lowest BCUT2D eigenvalue weighted by atomic mass is 9.75. The monoisotopic (exact) mass is 206 g/mol. The molecule has 1 heterocycles. The molecule has 1 unspecified atom stereocenters. The Morgan fingerprint density at radius 1 is 1.60 bits per heavy atom. The van der Waals surface area contributed by atoms with Crippen molar-refractivity contribution in [1.29, 1.82) is 0 Å². The van der Waals surface area contributed by atoms with Gasteiger partial charge in [-0.2, -0.15) is 5.10 Å². The number of carboxylic acid groups (broad SMARTS) is 1. The number of hydrogen-bond acceptors (Lipinski definition) is 2. The molecule has 1 atom stereocenters. The van der Waals surface area contributed by atoms with E-state index < -0.39 is 5.97 Å². The first-order chi connectivity index (χ1) is 7.14. The van der Waals surface area contributed by atoms with E-state index in [1.165, 1.54) is 0 Å². The van der Waals surface area contributed by atoms with Gasteiger partial charge < -0.3 is 5.11 Å². The highest BCUT2D eigenvalue weighted by Gasteiger charge is 2.56. The maximum Gasteiger partial charge on any atom is 0.313 e. The first-order valence-corrected chi connectivity index (χ1v) is 5.38. The minimum Gasteiger partial charge on any atom is -0.481 e. The topological polar surface area (TPSA) is 55.1 Å². The zero-order valence-electron chi connectivity index (χ0n) is 8.73. The van der Waals surface area contributed by atoms with Crippen LogP contribution in [0.25, 0.3) is 0 Å². The predicted octanol–water partition coefficient (Wildman–Crippen LogP) is 1.31. The van der Waals surface area contributed by atoms with Crippen molar-refractivity contribution in [1.82, 2.24) is 9.78 Å².